The van der Waals surface area contributed by atoms with Gasteiger partial charge in [0.2, 0.25) is 0 Å². The molecule has 0 spiro atoms. The molecule has 4 aliphatic carbocycles. The minimum Gasteiger partial charge on any atom is -0.399 e. The molecule has 7 nitrogen and oxygen atoms in total. The summed E-state index contributed by atoms with van der Waals surface area (Å²) in [6, 6.07) is 0. The Morgan fingerprint density at radius 2 is 1.94 bits per heavy atom. The van der Waals surface area contributed by atoms with E-state index in [4.69, 9.17) is 9.68 Å². The summed E-state index contributed by atoms with van der Waals surface area (Å²) in [7, 11) is 1.55. The molecule has 5 rings (SSSR count). The van der Waals surface area contributed by atoms with Crippen LogP contribution in [0.15, 0.2) is 10.3 Å². The van der Waals surface area contributed by atoms with Gasteiger partial charge in [-0.05, 0) is 62.8 Å². The average Bonchev–Trinajstić information content (AvgIpc) is 3.36. The summed E-state index contributed by atoms with van der Waals surface area (Å²) < 4.78 is 0. The maximum Gasteiger partial charge on any atom is 0.141 e. The first-order valence-electron chi connectivity index (χ1n) is 12.1. The molecule has 31 heavy (non-hydrogen) atoms. The van der Waals surface area contributed by atoms with Gasteiger partial charge in [-0.1, -0.05) is 24.2 Å². The van der Waals surface area contributed by atoms with Crippen LogP contribution >= 0.6 is 0 Å². The van der Waals surface area contributed by atoms with Crippen LogP contribution in [0.4, 0.5) is 0 Å². The molecule has 0 unspecified atom stereocenters. The summed E-state index contributed by atoms with van der Waals surface area (Å²) in [6.07, 6.45) is 7.56. The molecule has 4 saturated carbocycles. The number of oxime groups is 2. The summed E-state index contributed by atoms with van der Waals surface area (Å²) in [5.74, 6) is 1.58. The van der Waals surface area contributed by atoms with Crippen molar-refractivity contribution in [2.75, 3.05) is 20.2 Å². The standard InChI is InChI=1S/C24H37N3O4/c1-22-9-7-19-17(18(22)4-5-21(22)28)12-20(27-30-3)24(29)13-15(6-10-23(19,24)2)26-31-16-8-11-25-14-16/h16-19,25,29H,4-14H2,1-3H3/b26-15?,27-20+/t16-,17+,18+,19+,22+,23-,24+/m1/s1. The van der Waals surface area contributed by atoms with E-state index in [-0.39, 0.29) is 16.9 Å². The van der Waals surface area contributed by atoms with Gasteiger partial charge in [0.1, 0.15) is 24.6 Å². The van der Waals surface area contributed by atoms with Crippen LogP contribution in [0.5, 0.6) is 0 Å². The van der Waals surface area contributed by atoms with E-state index < -0.39 is 5.60 Å². The number of carbonyl (C=O) groups excluding carboxylic acids is 1. The highest BCUT2D eigenvalue weighted by Crippen LogP contribution is 2.65. The quantitative estimate of drug-likeness (QED) is 0.670. The van der Waals surface area contributed by atoms with Crippen LogP contribution in [0, 0.1) is 28.6 Å². The van der Waals surface area contributed by atoms with Crippen molar-refractivity contribution in [1.82, 2.24) is 5.32 Å². The smallest absolute Gasteiger partial charge is 0.141 e. The Labute approximate surface area is 185 Å². The van der Waals surface area contributed by atoms with Gasteiger partial charge in [-0.3, -0.25) is 4.79 Å². The Hall–Kier alpha value is -1.47. The second-order valence-corrected chi connectivity index (χ2v) is 11.1. The molecule has 1 aliphatic heterocycles. The van der Waals surface area contributed by atoms with E-state index in [0.717, 1.165) is 63.0 Å². The van der Waals surface area contributed by atoms with Crippen molar-refractivity contribution in [2.24, 2.45) is 38.9 Å². The molecule has 7 atom stereocenters. The Morgan fingerprint density at radius 1 is 1.10 bits per heavy atom. The van der Waals surface area contributed by atoms with Gasteiger partial charge in [0.15, 0.2) is 0 Å². The molecule has 1 heterocycles. The summed E-state index contributed by atoms with van der Waals surface area (Å²) >= 11 is 0. The fourth-order valence-corrected chi connectivity index (χ4v) is 7.81. The molecule has 7 heteroatoms. The van der Waals surface area contributed by atoms with Crippen LogP contribution in [0.2, 0.25) is 0 Å². The van der Waals surface area contributed by atoms with Crippen molar-refractivity contribution in [2.45, 2.75) is 83.3 Å². The minimum atomic E-state index is -1.07. The number of ketones is 1. The molecule has 0 amide bonds. The molecule has 0 aromatic carbocycles. The lowest BCUT2D eigenvalue weighted by Gasteiger charge is -2.62. The Bertz CT molecular complexity index is 807. The summed E-state index contributed by atoms with van der Waals surface area (Å²) in [4.78, 5) is 23.7. The molecular formula is C24H37N3O4. The van der Waals surface area contributed by atoms with Gasteiger partial charge in [0.25, 0.3) is 0 Å². The molecule has 2 N–H and O–H groups in total. The van der Waals surface area contributed by atoms with Crippen LogP contribution in [0.3, 0.4) is 0 Å². The Morgan fingerprint density at radius 3 is 2.68 bits per heavy atom. The number of hydrogen-bond donors (Lipinski definition) is 2. The zero-order valence-electron chi connectivity index (χ0n) is 19.2. The van der Waals surface area contributed by atoms with Gasteiger partial charge < -0.3 is 20.1 Å². The van der Waals surface area contributed by atoms with E-state index in [1.807, 2.05) is 0 Å². The van der Waals surface area contributed by atoms with Crippen LogP contribution in [0.25, 0.3) is 0 Å². The molecule has 0 radical (unpaired) electrons. The van der Waals surface area contributed by atoms with E-state index in [1.54, 1.807) is 7.11 Å². The van der Waals surface area contributed by atoms with E-state index in [0.29, 0.717) is 42.8 Å². The molecule has 1 saturated heterocycles. The first-order chi connectivity index (χ1) is 14.8. The number of nitrogens with zero attached hydrogens (tertiary/aromatic N) is 2. The molecular weight excluding hydrogens is 394 g/mol. The topological polar surface area (TPSA) is 92.5 Å². The molecule has 5 aliphatic rings. The average molecular weight is 432 g/mol. The van der Waals surface area contributed by atoms with Crippen LogP contribution in [-0.4, -0.2) is 54.2 Å². The normalized spacial score (nSPS) is 49.6. The minimum absolute atomic E-state index is 0.120. The van der Waals surface area contributed by atoms with Gasteiger partial charge in [-0.15, -0.1) is 0 Å². The third kappa shape index (κ3) is 3.10. The van der Waals surface area contributed by atoms with Gasteiger partial charge in [-0.2, -0.15) is 0 Å². The highest BCUT2D eigenvalue weighted by molar-refractivity contribution is 6.01. The molecule has 0 bridgehead atoms. The fraction of sp³-hybridized carbons (Fsp3) is 0.875. The number of hydrogen-bond acceptors (Lipinski definition) is 7. The van der Waals surface area contributed by atoms with Gasteiger partial charge in [0.05, 0.1) is 11.4 Å². The Kier molecular flexibility index (Phi) is 5.20. The third-order valence-corrected chi connectivity index (χ3v) is 9.76. The molecule has 5 fully saturated rings. The SMILES string of the molecule is CO/N=C1\C[C@H]2[C@@H]3CCC(=O)[C@@]3(C)CC[C@@H]2[C@@]2(C)CCC(=NO[C@@H]3CCNC3)C[C@]12O. The van der Waals surface area contributed by atoms with Crippen LogP contribution < -0.4 is 5.32 Å². The molecule has 0 aromatic rings. The monoisotopic (exact) mass is 431 g/mol. The first kappa shape index (κ1) is 21.4. The van der Waals surface area contributed by atoms with E-state index in [2.05, 4.69) is 29.5 Å². The summed E-state index contributed by atoms with van der Waals surface area (Å²) in [6.45, 7) is 6.22. The van der Waals surface area contributed by atoms with E-state index in [1.165, 1.54) is 0 Å². The van der Waals surface area contributed by atoms with Crippen LogP contribution in [0.1, 0.15) is 71.6 Å². The number of rotatable bonds is 3. The van der Waals surface area contributed by atoms with Crippen molar-refractivity contribution < 1.29 is 19.6 Å². The number of carbonyl (C=O) groups is 1. The number of Topliss-reactive ketones (excluding diaryl/α,β-unsaturated/α-hetero) is 1. The highest BCUT2D eigenvalue weighted by Gasteiger charge is 2.67. The van der Waals surface area contributed by atoms with E-state index >= 15 is 0 Å². The second-order valence-electron chi connectivity index (χ2n) is 11.1. The number of fused-ring (bicyclic) bond motifs is 5. The molecule has 172 valence electrons. The largest absolute Gasteiger partial charge is 0.399 e. The maximum atomic E-state index is 12.7. The second kappa shape index (κ2) is 7.55. The summed E-state index contributed by atoms with van der Waals surface area (Å²) in [5, 5.41) is 24.3. The van der Waals surface area contributed by atoms with Crippen molar-refractivity contribution in [3.63, 3.8) is 0 Å². The predicted octanol–water partition coefficient (Wildman–Crippen LogP) is 3.06. The lowest BCUT2D eigenvalue weighted by atomic mass is 9.43. The lowest BCUT2D eigenvalue weighted by molar-refractivity contribution is -0.146. The van der Waals surface area contributed by atoms with Crippen molar-refractivity contribution in [1.29, 1.82) is 0 Å². The number of aliphatic hydroxyl groups is 1. The van der Waals surface area contributed by atoms with Crippen LogP contribution in [-0.2, 0) is 14.5 Å². The zero-order valence-corrected chi connectivity index (χ0v) is 19.2. The fourth-order valence-electron chi connectivity index (χ4n) is 7.81. The predicted molar refractivity (Wildman–Crippen MR) is 118 cm³/mol. The van der Waals surface area contributed by atoms with Crippen molar-refractivity contribution in [3.8, 4) is 0 Å². The molecule has 0 aromatic heterocycles. The van der Waals surface area contributed by atoms with Gasteiger partial charge >= 0.3 is 0 Å². The highest BCUT2D eigenvalue weighted by atomic mass is 16.6. The van der Waals surface area contributed by atoms with Crippen molar-refractivity contribution >= 4 is 17.2 Å². The number of nitrogens with one attached hydrogen (secondary N) is 1. The lowest BCUT2D eigenvalue weighted by Crippen LogP contribution is -2.66. The van der Waals surface area contributed by atoms with E-state index in [9.17, 15) is 9.90 Å². The Balaban J connectivity index is 1.45. The van der Waals surface area contributed by atoms with Crippen molar-refractivity contribution in [3.05, 3.63) is 0 Å². The van der Waals surface area contributed by atoms with Gasteiger partial charge in [-0.25, -0.2) is 0 Å². The van der Waals surface area contributed by atoms with Gasteiger partial charge in [0, 0.05) is 36.6 Å². The summed E-state index contributed by atoms with van der Waals surface area (Å²) in [5.41, 5.74) is 0.0849. The maximum absolute atomic E-state index is 12.7. The zero-order chi connectivity index (χ0) is 21.9. The third-order valence-electron chi connectivity index (χ3n) is 9.76. The first-order valence-corrected chi connectivity index (χ1v) is 12.1.